The van der Waals surface area contributed by atoms with Gasteiger partial charge in [0.25, 0.3) is 0 Å². The van der Waals surface area contributed by atoms with Crippen molar-refractivity contribution in [1.82, 2.24) is 0 Å². The molecule has 0 atom stereocenters. The van der Waals surface area contributed by atoms with E-state index >= 15 is 0 Å². The van der Waals surface area contributed by atoms with Gasteiger partial charge in [0, 0.05) is 15.2 Å². The van der Waals surface area contributed by atoms with Gasteiger partial charge >= 0.3 is 0 Å². The summed E-state index contributed by atoms with van der Waals surface area (Å²) >= 11 is 10.4. The molecule has 0 N–H and O–H groups in total. The van der Waals surface area contributed by atoms with E-state index in [2.05, 4.69) is 47.8 Å². The van der Waals surface area contributed by atoms with Crippen molar-refractivity contribution in [2.45, 2.75) is 12.8 Å². The molecule has 0 radical (unpaired) electrons. The second-order valence-corrected chi connectivity index (χ2v) is 6.33. The van der Waals surface area contributed by atoms with Crippen molar-refractivity contribution in [1.29, 1.82) is 0 Å². The molecule has 0 bridgehead atoms. The van der Waals surface area contributed by atoms with Crippen LogP contribution in [-0.4, -0.2) is 11.9 Å². The Balaban J connectivity index is 1.99. The Morgan fingerprint density at radius 2 is 2.00 bits per heavy atom. The Hall–Kier alpha value is 0.460. The molecule has 0 aliphatic heterocycles. The zero-order chi connectivity index (χ0) is 10.9. The lowest BCUT2D eigenvalue weighted by atomic mass is 10.2. The van der Waals surface area contributed by atoms with Crippen LogP contribution in [0.25, 0.3) is 0 Å². The van der Waals surface area contributed by atoms with Crippen molar-refractivity contribution >= 4 is 47.8 Å². The van der Waals surface area contributed by atoms with Crippen LogP contribution in [0, 0.1) is 5.41 Å². The van der Waals surface area contributed by atoms with Gasteiger partial charge in [-0.3, -0.25) is 0 Å². The fraction of sp³-hybridized carbons (Fsp3) is 0.455. The highest BCUT2D eigenvalue weighted by molar-refractivity contribution is 9.11. The number of rotatable bonds is 4. The number of halogens is 3. The number of hydrogen-bond acceptors (Lipinski definition) is 1. The largest absolute Gasteiger partial charge is 0.492 e. The number of ether oxygens (including phenoxy) is 1. The van der Waals surface area contributed by atoms with Gasteiger partial charge in [-0.25, -0.2) is 0 Å². The summed E-state index contributed by atoms with van der Waals surface area (Å²) in [4.78, 5) is 0. The molecule has 1 aliphatic rings. The zero-order valence-electron chi connectivity index (χ0n) is 8.10. The third kappa shape index (κ3) is 2.98. The van der Waals surface area contributed by atoms with Crippen LogP contribution < -0.4 is 4.74 Å². The molecule has 1 aromatic carbocycles. The molecule has 1 aliphatic carbocycles. The normalized spacial score (nSPS) is 17.5. The van der Waals surface area contributed by atoms with Crippen molar-refractivity contribution in [2.75, 3.05) is 11.9 Å². The number of benzene rings is 1. The van der Waals surface area contributed by atoms with Crippen molar-refractivity contribution < 1.29 is 4.74 Å². The third-order valence-electron chi connectivity index (χ3n) is 2.67. The predicted octanol–water partition coefficient (Wildman–Crippen LogP) is 4.77. The first-order valence-electron chi connectivity index (χ1n) is 4.79. The van der Waals surface area contributed by atoms with Gasteiger partial charge in [-0.15, -0.1) is 0 Å². The first kappa shape index (κ1) is 11.9. The third-order valence-corrected chi connectivity index (χ3v) is 4.97. The van der Waals surface area contributed by atoms with E-state index in [1.165, 1.54) is 12.8 Å². The van der Waals surface area contributed by atoms with Gasteiger partial charge in [-0.05, 0) is 47.0 Å². The average molecular weight is 399 g/mol. The van der Waals surface area contributed by atoms with E-state index < -0.39 is 0 Å². The summed E-state index contributed by atoms with van der Waals surface area (Å²) < 4.78 is 7.87. The van der Waals surface area contributed by atoms with Crippen molar-refractivity contribution in [3.05, 3.63) is 27.1 Å². The van der Waals surface area contributed by atoms with E-state index in [0.29, 0.717) is 5.41 Å². The maximum Gasteiger partial charge on any atom is 0.133 e. The average Bonchev–Trinajstić information content (AvgIpc) is 2.97. The van der Waals surface area contributed by atoms with Crippen LogP contribution in [0.5, 0.6) is 5.75 Å². The van der Waals surface area contributed by atoms with Crippen LogP contribution in [0.2, 0.25) is 0 Å². The maximum absolute atomic E-state index is 5.81. The molecule has 0 saturated heterocycles. The highest BCUT2D eigenvalue weighted by Crippen LogP contribution is 2.47. The minimum atomic E-state index is 0.395. The lowest BCUT2D eigenvalue weighted by Crippen LogP contribution is -2.14. The van der Waals surface area contributed by atoms with Crippen LogP contribution in [0.15, 0.2) is 27.1 Å². The molecule has 0 unspecified atom stereocenters. The summed E-state index contributed by atoms with van der Waals surface area (Å²) in [6.45, 7) is 0.804. The molecule has 1 nitrogen and oxygen atoms in total. The standard InChI is InChI=1S/C11H11Br3O/c12-6-11(3-4-11)7-15-10-2-1-8(13)5-9(10)14/h1-2,5H,3-4,6-7H2. The molecular weight excluding hydrogens is 388 g/mol. The quantitative estimate of drug-likeness (QED) is 0.664. The Morgan fingerprint density at radius 3 is 2.53 bits per heavy atom. The van der Waals surface area contributed by atoms with Gasteiger partial charge in [0.05, 0.1) is 11.1 Å². The van der Waals surface area contributed by atoms with Crippen LogP contribution >= 0.6 is 47.8 Å². The summed E-state index contributed by atoms with van der Waals surface area (Å²) in [6, 6.07) is 5.98. The highest BCUT2D eigenvalue weighted by atomic mass is 79.9. The summed E-state index contributed by atoms with van der Waals surface area (Å²) in [5, 5.41) is 1.04. The number of alkyl halides is 1. The molecule has 1 aromatic rings. The Bertz CT molecular complexity index is 361. The van der Waals surface area contributed by atoms with Crippen LogP contribution in [-0.2, 0) is 0 Å². The summed E-state index contributed by atoms with van der Waals surface area (Å²) in [5.74, 6) is 0.922. The smallest absolute Gasteiger partial charge is 0.133 e. The molecule has 1 saturated carbocycles. The Labute approximate surface area is 115 Å². The van der Waals surface area contributed by atoms with E-state index in [4.69, 9.17) is 4.74 Å². The topological polar surface area (TPSA) is 9.23 Å². The minimum absolute atomic E-state index is 0.395. The summed E-state index contributed by atoms with van der Waals surface area (Å²) in [6.07, 6.45) is 2.54. The van der Waals surface area contributed by atoms with Crippen molar-refractivity contribution in [3.63, 3.8) is 0 Å². The second kappa shape index (κ2) is 4.76. The minimum Gasteiger partial charge on any atom is -0.492 e. The number of hydrogen-bond donors (Lipinski definition) is 0. The van der Waals surface area contributed by atoms with Crippen LogP contribution in [0.4, 0.5) is 0 Å². The Kier molecular flexibility index (Phi) is 3.79. The fourth-order valence-electron chi connectivity index (χ4n) is 1.32. The SMILES string of the molecule is BrCC1(COc2ccc(Br)cc2Br)CC1. The Morgan fingerprint density at radius 1 is 1.27 bits per heavy atom. The fourth-order valence-corrected chi connectivity index (χ4v) is 3.20. The lowest BCUT2D eigenvalue weighted by molar-refractivity contribution is 0.250. The first-order chi connectivity index (χ1) is 7.15. The molecule has 0 spiro atoms. The molecule has 0 amide bonds. The van der Waals surface area contributed by atoms with Crippen molar-refractivity contribution in [2.24, 2.45) is 5.41 Å². The molecule has 4 heteroatoms. The first-order valence-corrected chi connectivity index (χ1v) is 7.50. The monoisotopic (exact) mass is 396 g/mol. The molecule has 2 rings (SSSR count). The molecule has 0 aromatic heterocycles. The summed E-state index contributed by atoms with van der Waals surface area (Å²) in [5.41, 5.74) is 0.395. The van der Waals surface area contributed by atoms with Gasteiger partial charge in [0.2, 0.25) is 0 Å². The van der Waals surface area contributed by atoms with Crippen LogP contribution in [0.3, 0.4) is 0 Å². The van der Waals surface area contributed by atoms with E-state index in [9.17, 15) is 0 Å². The molecule has 82 valence electrons. The zero-order valence-corrected chi connectivity index (χ0v) is 12.9. The molecule has 15 heavy (non-hydrogen) atoms. The van der Waals surface area contributed by atoms with E-state index in [1.807, 2.05) is 18.2 Å². The van der Waals surface area contributed by atoms with Gasteiger partial charge in [-0.2, -0.15) is 0 Å². The maximum atomic E-state index is 5.81. The highest BCUT2D eigenvalue weighted by Gasteiger charge is 2.42. The van der Waals surface area contributed by atoms with Gasteiger partial charge < -0.3 is 4.74 Å². The van der Waals surface area contributed by atoms with E-state index in [0.717, 1.165) is 26.6 Å². The molecule has 0 heterocycles. The van der Waals surface area contributed by atoms with Gasteiger partial charge in [-0.1, -0.05) is 31.9 Å². The second-order valence-electron chi connectivity index (χ2n) is 4.00. The molecular formula is C11H11Br3O. The van der Waals surface area contributed by atoms with Gasteiger partial charge in [0.1, 0.15) is 5.75 Å². The molecule has 1 fully saturated rings. The van der Waals surface area contributed by atoms with E-state index in [1.54, 1.807) is 0 Å². The van der Waals surface area contributed by atoms with Crippen molar-refractivity contribution in [3.8, 4) is 5.75 Å². The predicted molar refractivity (Wildman–Crippen MR) is 72.8 cm³/mol. The lowest BCUT2D eigenvalue weighted by Gasteiger charge is -2.14. The summed E-state index contributed by atoms with van der Waals surface area (Å²) in [7, 11) is 0. The van der Waals surface area contributed by atoms with Gasteiger partial charge in [0.15, 0.2) is 0 Å². The van der Waals surface area contributed by atoms with E-state index in [-0.39, 0.29) is 0 Å². The van der Waals surface area contributed by atoms with Crippen LogP contribution in [0.1, 0.15) is 12.8 Å².